The monoisotopic (exact) mass is 247 g/mol. The predicted molar refractivity (Wildman–Crippen MR) is 69.0 cm³/mol. The first-order valence-electron chi connectivity index (χ1n) is 5.13. The van der Waals surface area contributed by atoms with Crippen molar-refractivity contribution in [1.29, 1.82) is 0 Å². The fraction of sp³-hybridized carbons (Fsp3) is 0.167. The first-order chi connectivity index (χ1) is 8.29. The molecule has 0 amide bonds. The summed E-state index contributed by atoms with van der Waals surface area (Å²) in [7, 11) is 1.61. The molecule has 0 bridgehead atoms. The molecule has 0 fully saturated rings. The molecule has 0 aliphatic carbocycles. The van der Waals surface area contributed by atoms with E-state index in [0.29, 0.717) is 11.6 Å². The van der Waals surface area contributed by atoms with Gasteiger partial charge in [-0.3, -0.25) is 0 Å². The first kappa shape index (κ1) is 11.7. The molecule has 88 valence electrons. The van der Waals surface area contributed by atoms with Gasteiger partial charge in [-0.15, -0.1) is 0 Å². The minimum absolute atomic E-state index is 0.622. The van der Waals surface area contributed by atoms with Crippen molar-refractivity contribution in [3.63, 3.8) is 0 Å². The molecule has 2 rings (SSSR count). The molecule has 2 aromatic heterocycles. The number of nitrogen functional groups attached to an aromatic ring is 1. The van der Waals surface area contributed by atoms with E-state index in [2.05, 4.69) is 9.97 Å². The zero-order valence-corrected chi connectivity index (χ0v) is 10.3. The van der Waals surface area contributed by atoms with Crippen molar-refractivity contribution < 1.29 is 4.74 Å². The molecular formula is C12H13N3OS. The molecular weight excluding hydrogens is 234 g/mol. The summed E-state index contributed by atoms with van der Waals surface area (Å²) in [5, 5.41) is 0.831. The summed E-state index contributed by atoms with van der Waals surface area (Å²) < 4.78 is 5.07. The molecule has 17 heavy (non-hydrogen) atoms. The van der Waals surface area contributed by atoms with E-state index in [1.54, 1.807) is 25.1 Å². The van der Waals surface area contributed by atoms with Crippen molar-refractivity contribution in [1.82, 2.24) is 9.97 Å². The van der Waals surface area contributed by atoms with Crippen LogP contribution in [0.2, 0.25) is 0 Å². The smallest absolute Gasteiger partial charge is 0.213 e. The lowest BCUT2D eigenvalue weighted by Gasteiger charge is -2.04. The van der Waals surface area contributed by atoms with Gasteiger partial charge in [-0.05, 0) is 18.2 Å². The van der Waals surface area contributed by atoms with Crippen LogP contribution in [-0.4, -0.2) is 17.1 Å². The van der Waals surface area contributed by atoms with Crippen molar-refractivity contribution in [3.8, 4) is 5.88 Å². The van der Waals surface area contributed by atoms with Crippen LogP contribution in [0.15, 0.2) is 41.6 Å². The van der Waals surface area contributed by atoms with Crippen LogP contribution in [0.4, 0.5) is 5.69 Å². The van der Waals surface area contributed by atoms with Crippen molar-refractivity contribution >= 4 is 17.4 Å². The number of anilines is 1. The van der Waals surface area contributed by atoms with E-state index in [1.807, 2.05) is 30.3 Å². The van der Waals surface area contributed by atoms with Gasteiger partial charge in [0, 0.05) is 18.0 Å². The fourth-order valence-electron chi connectivity index (χ4n) is 1.32. The maximum absolute atomic E-state index is 5.81. The van der Waals surface area contributed by atoms with E-state index >= 15 is 0 Å². The number of nitrogens with zero attached hydrogens (tertiary/aromatic N) is 2. The van der Waals surface area contributed by atoms with Gasteiger partial charge < -0.3 is 10.5 Å². The summed E-state index contributed by atoms with van der Waals surface area (Å²) in [6, 6.07) is 9.36. The quantitative estimate of drug-likeness (QED) is 0.840. The topological polar surface area (TPSA) is 61.0 Å². The highest BCUT2D eigenvalue weighted by atomic mass is 32.2. The number of hydrogen-bond acceptors (Lipinski definition) is 5. The lowest BCUT2D eigenvalue weighted by Crippen LogP contribution is -1.94. The molecule has 2 heterocycles. The third kappa shape index (κ3) is 3.10. The van der Waals surface area contributed by atoms with Crippen LogP contribution in [0.1, 0.15) is 5.69 Å². The Morgan fingerprint density at radius 2 is 2.18 bits per heavy atom. The van der Waals surface area contributed by atoms with Gasteiger partial charge in [-0.1, -0.05) is 17.8 Å². The zero-order valence-electron chi connectivity index (χ0n) is 9.46. The zero-order chi connectivity index (χ0) is 12.1. The first-order valence-corrected chi connectivity index (χ1v) is 6.11. The van der Waals surface area contributed by atoms with E-state index in [9.17, 15) is 0 Å². The number of pyridine rings is 2. The van der Waals surface area contributed by atoms with Crippen LogP contribution in [0.25, 0.3) is 0 Å². The van der Waals surface area contributed by atoms with Crippen LogP contribution in [0, 0.1) is 0 Å². The van der Waals surface area contributed by atoms with Crippen molar-refractivity contribution in [2.24, 2.45) is 0 Å². The van der Waals surface area contributed by atoms with E-state index in [-0.39, 0.29) is 0 Å². The molecule has 0 unspecified atom stereocenters. The Morgan fingerprint density at radius 3 is 2.94 bits per heavy atom. The number of hydrogen-bond donors (Lipinski definition) is 1. The molecule has 0 saturated carbocycles. The third-order valence-electron chi connectivity index (χ3n) is 2.15. The van der Waals surface area contributed by atoms with Gasteiger partial charge in [-0.25, -0.2) is 9.97 Å². The Hall–Kier alpha value is -1.75. The lowest BCUT2D eigenvalue weighted by molar-refractivity contribution is 0.397. The van der Waals surface area contributed by atoms with Gasteiger partial charge in [0.1, 0.15) is 5.03 Å². The van der Waals surface area contributed by atoms with Crippen LogP contribution in [0.3, 0.4) is 0 Å². The average molecular weight is 247 g/mol. The number of aromatic nitrogens is 2. The average Bonchev–Trinajstić information content (AvgIpc) is 2.38. The van der Waals surface area contributed by atoms with E-state index in [0.717, 1.165) is 16.5 Å². The number of nitrogens with two attached hydrogens (primary N) is 1. The lowest BCUT2D eigenvalue weighted by atomic mass is 10.4. The number of methoxy groups -OCH3 is 1. The largest absolute Gasteiger partial charge is 0.481 e. The third-order valence-corrected chi connectivity index (χ3v) is 3.20. The SMILES string of the molecule is COc1cccc(CSc2ncccc2N)n1. The Bertz CT molecular complexity index is 505. The summed E-state index contributed by atoms with van der Waals surface area (Å²) in [5.41, 5.74) is 7.45. The number of ether oxygens (including phenoxy) is 1. The van der Waals surface area contributed by atoms with Crippen LogP contribution in [-0.2, 0) is 5.75 Å². The minimum Gasteiger partial charge on any atom is -0.481 e. The molecule has 2 aromatic rings. The summed E-state index contributed by atoms with van der Waals surface area (Å²) in [6.07, 6.45) is 1.73. The van der Waals surface area contributed by atoms with Gasteiger partial charge in [0.25, 0.3) is 0 Å². The van der Waals surface area contributed by atoms with Crippen molar-refractivity contribution in [3.05, 3.63) is 42.2 Å². The minimum atomic E-state index is 0.622. The molecule has 0 saturated heterocycles. The van der Waals surface area contributed by atoms with Gasteiger partial charge in [0.15, 0.2) is 0 Å². The highest BCUT2D eigenvalue weighted by Crippen LogP contribution is 2.25. The Morgan fingerprint density at radius 1 is 1.29 bits per heavy atom. The second-order valence-electron chi connectivity index (χ2n) is 3.36. The van der Waals surface area contributed by atoms with Gasteiger partial charge >= 0.3 is 0 Å². The predicted octanol–water partition coefficient (Wildman–Crippen LogP) is 2.36. The van der Waals surface area contributed by atoms with Crippen molar-refractivity contribution in [2.45, 2.75) is 10.8 Å². The molecule has 0 aliphatic rings. The molecule has 0 radical (unpaired) electrons. The maximum atomic E-state index is 5.81. The van der Waals surface area contributed by atoms with Crippen LogP contribution >= 0.6 is 11.8 Å². The van der Waals surface area contributed by atoms with Crippen LogP contribution < -0.4 is 10.5 Å². The Kier molecular flexibility index (Phi) is 3.82. The van der Waals surface area contributed by atoms with Gasteiger partial charge in [0.05, 0.1) is 18.5 Å². The summed E-state index contributed by atoms with van der Waals surface area (Å²) in [6.45, 7) is 0. The second-order valence-corrected chi connectivity index (χ2v) is 4.32. The fourth-order valence-corrected chi connectivity index (χ4v) is 2.13. The summed E-state index contributed by atoms with van der Waals surface area (Å²) in [5.74, 6) is 1.34. The summed E-state index contributed by atoms with van der Waals surface area (Å²) in [4.78, 5) is 8.54. The van der Waals surface area contributed by atoms with E-state index < -0.39 is 0 Å². The number of rotatable bonds is 4. The highest BCUT2D eigenvalue weighted by molar-refractivity contribution is 7.98. The molecule has 4 nitrogen and oxygen atoms in total. The molecule has 5 heteroatoms. The standard InChI is InChI=1S/C12H13N3OS/c1-16-11-6-2-4-9(15-11)8-17-12-10(13)5-3-7-14-12/h2-7H,8,13H2,1H3. The molecule has 0 aromatic carbocycles. The van der Waals surface area contributed by atoms with Gasteiger partial charge in [-0.2, -0.15) is 0 Å². The maximum Gasteiger partial charge on any atom is 0.213 e. The normalized spacial score (nSPS) is 10.2. The second kappa shape index (κ2) is 5.54. The van der Waals surface area contributed by atoms with E-state index in [1.165, 1.54) is 0 Å². The Labute approximate surface area is 104 Å². The van der Waals surface area contributed by atoms with E-state index in [4.69, 9.17) is 10.5 Å². The summed E-state index contributed by atoms with van der Waals surface area (Å²) >= 11 is 1.57. The molecule has 0 atom stereocenters. The molecule has 2 N–H and O–H groups in total. The van der Waals surface area contributed by atoms with Crippen molar-refractivity contribution in [2.75, 3.05) is 12.8 Å². The van der Waals surface area contributed by atoms with Gasteiger partial charge in [0.2, 0.25) is 5.88 Å². The Balaban J connectivity index is 2.05. The molecule has 0 spiro atoms. The number of thioether (sulfide) groups is 1. The molecule has 0 aliphatic heterocycles. The van der Waals surface area contributed by atoms with Crippen LogP contribution in [0.5, 0.6) is 5.88 Å². The highest BCUT2D eigenvalue weighted by Gasteiger charge is 2.03.